The molecule has 1 saturated heterocycles. The number of ether oxygens (including phenoxy) is 1. The van der Waals surface area contributed by atoms with Gasteiger partial charge in [0.05, 0.1) is 42.6 Å². The van der Waals surface area contributed by atoms with Gasteiger partial charge < -0.3 is 9.30 Å². The zero-order valence-corrected chi connectivity index (χ0v) is 21.1. The van der Waals surface area contributed by atoms with Crippen LogP contribution in [0.2, 0.25) is 0 Å². The molecule has 0 saturated carbocycles. The highest BCUT2D eigenvalue weighted by Crippen LogP contribution is 2.44. The number of halogens is 2. The van der Waals surface area contributed by atoms with E-state index in [0.717, 1.165) is 54.8 Å². The van der Waals surface area contributed by atoms with Gasteiger partial charge in [0.15, 0.2) is 0 Å². The van der Waals surface area contributed by atoms with Crippen molar-refractivity contribution in [1.29, 1.82) is 0 Å². The second-order valence-electron chi connectivity index (χ2n) is 8.64. The van der Waals surface area contributed by atoms with Crippen molar-refractivity contribution in [2.24, 2.45) is 13.0 Å². The molecule has 34 heavy (non-hydrogen) atoms. The van der Waals surface area contributed by atoms with E-state index < -0.39 is 0 Å². The van der Waals surface area contributed by atoms with Crippen molar-refractivity contribution in [3.05, 3.63) is 57.7 Å². The summed E-state index contributed by atoms with van der Waals surface area (Å²) >= 11 is 5.29. The van der Waals surface area contributed by atoms with Crippen molar-refractivity contribution in [2.45, 2.75) is 25.8 Å². The van der Waals surface area contributed by atoms with Gasteiger partial charge in [0.1, 0.15) is 11.3 Å². The van der Waals surface area contributed by atoms with Crippen molar-refractivity contribution < 1.29 is 9.13 Å². The number of rotatable bonds is 4. The molecule has 1 unspecified atom stereocenters. The predicted octanol–water partition coefficient (Wildman–Crippen LogP) is 5.67. The molecule has 7 nitrogen and oxygen atoms in total. The Kier molecular flexibility index (Phi) is 5.46. The monoisotopic (exact) mass is 540 g/mol. The molecular weight excluding hydrogens is 519 g/mol. The number of hydrogen-bond acceptors (Lipinski definition) is 6. The first kappa shape index (κ1) is 21.8. The largest absolute Gasteiger partial charge is 0.381 e. The first-order valence-corrected chi connectivity index (χ1v) is 12.8. The molecule has 1 aliphatic rings. The summed E-state index contributed by atoms with van der Waals surface area (Å²) in [6.07, 6.45) is 5.22. The molecule has 0 aromatic carbocycles. The van der Waals surface area contributed by atoms with Gasteiger partial charge in [0, 0.05) is 38.2 Å². The standard InChI is InChI=1S/C24H22BrFN6OS/c1-13-22(31(2)30-29-13)15-10-17-21(28-12-15)24-18(11-19(25)34-24)32(17)23(14-5-8-33-9-6-14)20-16(26)4-3-7-27-20/h3-4,7,10-12,14,23H,5-6,8-9H2,1-2H3. The second-order valence-corrected chi connectivity index (χ2v) is 11.1. The maximum Gasteiger partial charge on any atom is 0.146 e. The van der Waals surface area contributed by atoms with Crippen LogP contribution in [0, 0.1) is 18.7 Å². The molecule has 0 spiro atoms. The van der Waals surface area contributed by atoms with Crippen molar-refractivity contribution in [2.75, 3.05) is 13.2 Å². The quantitative estimate of drug-likeness (QED) is 0.293. The van der Waals surface area contributed by atoms with Crippen LogP contribution in [0.1, 0.15) is 30.3 Å². The topological polar surface area (TPSA) is 70.7 Å². The van der Waals surface area contributed by atoms with E-state index in [1.54, 1.807) is 28.3 Å². The first-order valence-electron chi connectivity index (χ1n) is 11.2. The lowest BCUT2D eigenvalue weighted by Crippen LogP contribution is -2.28. The van der Waals surface area contributed by atoms with E-state index in [1.165, 1.54) is 6.07 Å². The lowest BCUT2D eigenvalue weighted by atomic mass is 9.88. The summed E-state index contributed by atoms with van der Waals surface area (Å²) in [7, 11) is 1.88. The maximum absolute atomic E-state index is 15.3. The van der Waals surface area contributed by atoms with Crippen LogP contribution in [-0.4, -0.2) is 42.7 Å². The molecule has 5 aromatic heterocycles. The highest BCUT2D eigenvalue weighted by molar-refractivity contribution is 9.11. The van der Waals surface area contributed by atoms with E-state index in [9.17, 15) is 0 Å². The number of hydrogen-bond donors (Lipinski definition) is 0. The van der Waals surface area contributed by atoms with Crippen molar-refractivity contribution in [3.8, 4) is 11.3 Å². The molecule has 0 radical (unpaired) electrons. The molecular formula is C24H22BrFN6OS. The second kappa shape index (κ2) is 8.51. The summed E-state index contributed by atoms with van der Waals surface area (Å²) in [5.74, 6) is -0.113. The third kappa shape index (κ3) is 3.47. The minimum absolute atomic E-state index is 0.180. The number of nitrogens with zero attached hydrogens (tertiary/aromatic N) is 6. The number of thiophene rings is 1. The highest BCUT2D eigenvalue weighted by Gasteiger charge is 2.33. The fourth-order valence-corrected chi connectivity index (χ4v) is 6.71. The number of fused-ring (bicyclic) bond motifs is 3. The molecule has 1 fully saturated rings. The van der Waals surface area contributed by atoms with Gasteiger partial charge in [-0.2, -0.15) is 0 Å². The smallest absolute Gasteiger partial charge is 0.146 e. The Morgan fingerprint density at radius 3 is 2.76 bits per heavy atom. The van der Waals surface area contributed by atoms with Crippen LogP contribution in [-0.2, 0) is 11.8 Å². The average molecular weight is 541 g/mol. The molecule has 174 valence electrons. The van der Waals surface area contributed by atoms with Gasteiger partial charge in [0.2, 0.25) is 0 Å². The Hall–Kier alpha value is -2.69. The third-order valence-corrected chi connectivity index (χ3v) is 8.24. The number of aryl methyl sites for hydroxylation is 2. The highest BCUT2D eigenvalue weighted by atomic mass is 79.9. The van der Waals surface area contributed by atoms with Gasteiger partial charge >= 0.3 is 0 Å². The molecule has 5 aromatic rings. The Labute approximate surface area is 207 Å². The van der Waals surface area contributed by atoms with E-state index in [1.807, 2.05) is 20.2 Å². The molecule has 0 aliphatic carbocycles. The minimum Gasteiger partial charge on any atom is -0.381 e. The fraction of sp³-hybridized carbons (Fsp3) is 0.333. The molecule has 1 aliphatic heterocycles. The molecule has 6 heterocycles. The van der Waals surface area contributed by atoms with Crippen LogP contribution < -0.4 is 0 Å². The molecule has 0 N–H and O–H groups in total. The number of pyridine rings is 2. The zero-order chi connectivity index (χ0) is 23.4. The predicted molar refractivity (Wildman–Crippen MR) is 133 cm³/mol. The normalized spacial score (nSPS) is 16.0. The lowest BCUT2D eigenvalue weighted by molar-refractivity contribution is 0.0543. The maximum atomic E-state index is 15.3. The number of aromatic nitrogens is 6. The molecule has 10 heteroatoms. The third-order valence-electron chi connectivity index (χ3n) is 6.61. The van der Waals surface area contributed by atoms with Gasteiger partial charge in [-0.1, -0.05) is 5.21 Å². The Bertz CT molecular complexity index is 1500. The van der Waals surface area contributed by atoms with Gasteiger partial charge in [0.25, 0.3) is 0 Å². The van der Waals surface area contributed by atoms with E-state index in [-0.39, 0.29) is 17.8 Å². The lowest BCUT2D eigenvalue weighted by Gasteiger charge is -2.32. The summed E-state index contributed by atoms with van der Waals surface area (Å²) in [6, 6.07) is 7.08. The van der Waals surface area contributed by atoms with Crippen molar-refractivity contribution in [3.63, 3.8) is 0 Å². The Balaban J connectivity index is 1.66. The van der Waals surface area contributed by atoms with E-state index >= 15 is 4.39 Å². The zero-order valence-electron chi connectivity index (χ0n) is 18.7. The molecule has 0 bridgehead atoms. The van der Waals surface area contributed by atoms with Gasteiger partial charge in [-0.3, -0.25) is 9.97 Å². The minimum atomic E-state index is -0.293. The van der Waals surface area contributed by atoms with Gasteiger partial charge in [-0.15, -0.1) is 16.4 Å². The van der Waals surface area contributed by atoms with E-state index in [2.05, 4.69) is 47.9 Å². The van der Waals surface area contributed by atoms with Gasteiger partial charge in [-0.25, -0.2) is 9.07 Å². The van der Waals surface area contributed by atoms with Crippen molar-refractivity contribution >= 4 is 48.5 Å². The molecule has 1 atom stereocenters. The summed E-state index contributed by atoms with van der Waals surface area (Å²) < 4.78 is 27.0. The van der Waals surface area contributed by atoms with E-state index in [0.29, 0.717) is 18.9 Å². The summed E-state index contributed by atoms with van der Waals surface area (Å²) in [4.78, 5) is 9.43. The first-order chi connectivity index (χ1) is 16.5. The Morgan fingerprint density at radius 1 is 1.21 bits per heavy atom. The Morgan fingerprint density at radius 2 is 2.03 bits per heavy atom. The fourth-order valence-electron chi connectivity index (χ4n) is 5.13. The summed E-state index contributed by atoms with van der Waals surface area (Å²) in [6.45, 7) is 3.26. The average Bonchev–Trinajstić information content (AvgIpc) is 3.47. The SMILES string of the molecule is Cc1nnn(C)c1-c1cnc2c3sc(Br)cc3n(C(c3ncccc3F)C3CCOCC3)c2c1. The van der Waals surface area contributed by atoms with Crippen LogP contribution in [0.25, 0.3) is 32.5 Å². The van der Waals surface area contributed by atoms with Crippen LogP contribution in [0.15, 0.2) is 40.4 Å². The van der Waals surface area contributed by atoms with Gasteiger partial charge in [-0.05, 0) is 65.9 Å². The molecule has 6 rings (SSSR count). The van der Waals surface area contributed by atoms with E-state index in [4.69, 9.17) is 9.72 Å². The van der Waals surface area contributed by atoms with Crippen LogP contribution in [0.4, 0.5) is 4.39 Å². The molecule has 0 amide bonds. The van der Waals surface area contributed by atoms with Crippen LogP contribution in [0.5, 0.6) is 0 Å². The summed E-state index contributed by atoms with van der Waals surface area (Å²) in [5.41, 5.74) is 6.01. The van der Waals surface area contributed by atoms with Crippen molar-refractivity contribution in [1.82, 2.24) is 29.5 Å². The van der Waals surface area contributed by atoms with Crippen LogP contribution >= 0.6 is 27.3 Å². The van der Waals surface area contributed by atoms with Crippen LogP contribution in [0.3, 0.4) is 0 Å². The summed E-state index contributed by atoms with van der Waals surface area (Å²) in [5, 5.41) is 8.37.